The highest BCUT2D eigenvalue weighted by Crippen LogP contribution is 2.42. The first-order chi connectivity index (χ1) is 6.23. The third-order valence-corrected chi connectivity index (χ3v) is 3.50. The maximum atomic E-state index is 5.69. The minimum absolute atomic E-state index is 0.0361. The van der Waals surface area contributed by atoms with Gasteiger partial charge in [0.05, 0.1) is 9.64 Å². The number of ether oxygens (including phenoxy) is 1. The second-order valence-corrected chi connectivity index (χ2v) is 5.12. The molecule has 1 heterocycles. The van der Waals surface area contributed by atoms with Crippen molar-refractivity contribution in [2.24, 2.45) is 5.73 Å². The number of rotatable bonds is 1. The normalized spacial score (nSPS) is 26.3. The summed E-state index contributed by atoms with van der Waals surface area (Å²) in [6.07, 6.45) is 0. The van der Waals surface area contributed by atoms with Gasteiger partial charge in [0, 0.05) is 6.54 Å². The summed E-state index contributed by atoms with van der Waals surface area (Å²) in [6.45, 7) is 3.48. The van der Waals surface area contributed by atoms with E-state index in [2.05, 4.69) is 13.0 Å². The van der Waals surface area contributed by atoms with E-state index in [0.29, 0.717) is 13.2 Å². The summed E-state index contributed by atoms with van der Waals surface area (Å²) in [5.74, 6) is 0.985. The van der Waals surface area contributed by atoms with Gasteiger partial charge in [-0.25, -0.2) is 0 Å². The fourth-order valence-corrected chi connectivity index (χ4v) is 2.39. The molecule has 0 aliphatic carbocycles. The highest BCUT2D eigenvalue weighted by molar-refractivity contribution is 8.00. The number of nitrogens with two attached hydrogens (primary N) is 1. The van der Waals surface area contributed by atoms with Crippen LogP contribution in [0.1, 0.15) is 6.92 Å². The summed E-state index contributed by atoms with van der Waals surface area (Å²) >= 11 is 1.81. The van der Waals surface area contributed by atoms with Gasteiger partial charge in [0.2, 0.25) is 0 Å². The third kappa shape index (κ3) is 1.67. The summed E-state index contributed by atoms with van der Waals surface area (Å²) in [7, 11) is 0. The van der Waals surface area contributed by atoms with Crippen LogP contribution in [0.2, 0.25) is 0 Å². The zero-order chi connectivity index (χ0) is 9.31. The predicted molar refractivity (Wildman–Crippen MR) is 55.3 cm³/mol. The second-order valence-electron chi connectivity index (χ2n) is 3.49. The van der Waals surface area contributed by atoms with Gasteiger partial charge >= 0.3 is 0 Å². The molecule has 1 aliphatic heterocycles. The van der Waals surface area contributed by atoms with E-state index in [4.69, 9.17) is 10.5 Å². The number of thioether (sulfide) groups is 1. The molecule has 70 valence electrons. The van der Waals surface area contributed by atoms with Crippen LogP contribution < -0.4 is 10.5 Å². The van der Waals surface area contributed by atoms with E-state index in [1.165, 1.54) is 4.90 Å². The Morgan fingerprint density at radius 2 is 2.31 bits per heavy atom. The topological polar surface area (TPSA) is 35.2 Å². The zero-order valence-corrected chi connectivity index (χ0v) is 8.43. The first kappa shape index (κ1) is 8.91. The molecule has 0 saturated carbocycles. The smallest absolute Gasteiger partial charge is 0.132 e. The molecule has 2 N–H and O–H groups in total. The molecule has 0 fully saturated rings. The Labute approximate surface area is 82.5 Å². The molecule has 0 bridgehead atoms. The first-order valence-electron chi connectivity index (χ1n) is 4.34. The van der Waals surface area contributed by atoms with E-state index in [0.717, 1.165) is 5.75 Å². The van der Waals surface area contributed by atoms with Crippen LogP contribution in [0.5, 0.6) is 5.75 Å². The van der Waals surface area contributed by atoms with Gasteiger partial charge in [0.25, 0.3) is 0 Å². The molecule has 0 aromatic heterocycles. The molecule has 3 heteroatoms. The number of para-hydroxylation sites is 1. The minimum atomic E-state index is 0.0361. The molecular weight excluding hydrogens is 182 g/mol. The van der Waals surface area contributed by atoms with Crippen molar-refractivity contribution in [1.29, 1.82) is 0 Å². The van der Waals surface area contributed by atoms with E-state index in [-0.39, 0.29) is 4.75 Å². The van der Waals surface area contributed by atoms with E-state index < -0.39 is 0 Å². The monoisotopic (exact) mass is 195 g/mol. The molecule has 0 radical (unpaired) electrons. The summed E-state index contributed by atoms with van der Waals surface area (Å²) in [6, 6.07) is 8.09. The molecule has 0 spiro atoms. The van der Waals surface area contributed by atoms with E-state index in [1.54, 1.807) is 0 Å². The maximum absolute atomic E-state index is 5.69. The van der Waals surface area contributed by atoms with Crippen LogP contribution >= 0.6 is 11.8 Å². The van der Waals surface area contributed by atoms with Crippen molar-refractivity contribution in [3.63, 3.8) is 0 Å². The van der Waals surface area contributed by atoms with Gasteiger partial charge in [-0.2, -0.15) is 0 Å². The number of fused-ring (bicyclic) bond motifs is 1. The fraction of sp³-hybridized carbons (Fsp3) is 0.400. The van der Waals surface area contributed by atoms with Crippen molar-refractivity contribution in [2.45, 2.75) is 16.6 Å². The molecule has 0 amide bonds. The average molecular weight is 195 g/mol. The van der Waals surface area contributed by atoms with E-state index in [9.17, 15) is 0 Å². The number of benzene rings is 1. The first-order valence-corrected chi connectivity index (χ1v) is 5.16. The second kappa shape index (κ2) is 3.24. The Morgan fingerprint density at radius 1 is 1.54 bits per heavy atom. The summed E-state index contributed by atoms with van der Waals surface area (Å²) < 4.78 is 5.67. The summed E-state index contributed by atoms with van der Waals surface area (Å²) in [5, 5.41) is 0. The molecule has 1 atom stereocenters. The van der Waals surface area contributed by atoms with Crippen LogP contribution in [-0.2, 0) is 0 Å². The van der Waals surface area contributed by atoms with Crippen molar-refractivity contribution in [1.82, 2.24) is 0 Å². The fourth-order valence-electron chi connectivity index (χ4n) is 1.28. The lowest BCUT2D eigenvalue weighted by Gasteiger charge is -2.32. The van der Waals surface area contributed by atoms with Crippen molar-refractivity contribution in [3.8, 4) is 5.75 Å². The Bertz CT molecular complexity index is 316. The van der Waals surface area contributed by atoms with E-state index >= 15 is 0 Å². The molecule has 2 nitrogen and oxygen atoms in total. The Kier molecular flexibility index (Phi) is 2.22. The van der Waals surface area contributed by atoms with Crippen LogP contribution in [0.3, 0.4) is 0 Å². The summed E-state index contributed by atoms with van der Waals surface area (Å²) in [5.41, 5.74) is 5.69. The largest absolute Gasteiger partial charge is 0.491 e. The third-order valence-electron chi connectivity index (χ3n) is 2.17. The average Bonchev–Trinajstić information content (AvgIpc) is 2.18. The van der Waals surface area contributed by atoms with E-state index in [1.807, 2.05) is 30.0 Å². The highest BCUT2D eigenvalue weighted by atomic mass is 32.2. The molecule has 1 aromatic carbocycles. The van der Waals surface area contributed by atoms with Gasteiger partial charge in [-0.1, -0.05) is 12.1 Å². The van der Waals surface area contributed by atoms with Crippen molar-refractivity contribution >= 4 is 11.8 Å². The van der Waals surface area contributed by atoms with Crippen LogP contribution in [0.4, 0.5) is 0 Å². The highest BCUT2D eigenvalue weighted by Gasteiger charge is 2.30. The SMILES string of the molecule is CC1(CN)COc2ccccc2S1. The van der Waals surface area contributed by atoms with Gasteiger partial charge < -0.3 is 10.5 Å². The maximum Gasteiger partial charge on any atom is 0.132 e. The molecule has 0 saturated heterocycles. The standard InChI is InChI=1S/C10H13NOS/c1-10(6-11)7-12-8-4-2-3-5-9(8)13-10/h2-5H,6-7,11H2,1H3. The lowest BCUT2D eigenvalue weighted by Crippen LogP contribution is -2.39. The van der Waals surface area contributed by atoms with Gasteiger partial charge in [0.15, 0.2) is 0 Å². The minimum Gasteiger partial charge on any atom is -0.491 e. The van der Waals surface area contributed by atoms with Gasteiger partial charge in [-0.3, -0.25) is 0 Å². The van der Waals surface area contributed by atoms with Crippen molar-refractivity contribution in [2.75, 3.05) is 13.2 Å². The van der Waals surface area contributed by atoms with Crippen molar-refractivity contribution in [3.05, 3.63) is 24.3 Å². The van der Waals surface area contributed by atoms with Gasteiger partial charge in [0.1, 0.15) is 12.4 Å². The zero-order valence-electron chi connectivity index (χ0n) is 7.62. The lowest BCUT2D eigenvalue weighted by atomic mass is 10.2. The molecule has 1 aromatic rings. The molecular formula is C10H13NOS. The molecule has 1 aliphatic rings. The molecule has 13 heavy (non-hydrogen) atoms. The predicted octanol–water partition coefficient (Wildman–Crippen LogP) is 1.89. The number of hydrogen-bond acceptors (Lipinski definition) is 3. The molecule has 2 rings (SSSR count). The Balaban J connectivity index is 2.29. The van der Waals surface area contributed by atoms with Crippen LogP contribution in [0.15, 0.2) is 29.2 Å². The van der Waals surface area contributed by atoms with Crippen LogP contribution in [-0.4, -0.2) is 17.9 Å². The summed E-state index contributed by atoms with van der Waals surface area (Å²) in [4.78, 5) is 1.20. The molecule has 1 unspecified atom stereocenters. The number of hydrogen-bond donors (Lipinski definition) is 1. The lowest BCUT2D eigenvalue weighted by molar-refractivity contribution is 0.267. The quantitative estimate of drug-likeness (QED) is 0.743. The van der Waals surface area contributed by atoms with Crippen LogP contribution in [0, 0.1) is 0 Å². The van der Waals surface area contributed by atoms with Gasteiger partial charge in [-0.15, -0.1) is 11.8 Å². The Hall–Kier alpha value is -0.670. The van der Waals surface area contributed by atoms with Crippen molar-refractivity contribution < 1.29 is 4.74 Å². The van der Waals surface area contributed by atoms with Crippen LogP contribution in [0.25, 0.3) is 0 Å². The Morgan fingerprint density at radius 3 is 3.08 bits per heavy atom. The van der Waals surface area contributed by atoms with Gasteiger partial charge in [-0.05, 0) is 19.1 Å².